The van der Waals surface area contributed by atoms with Crippen molar-refractivity contribution in [1.29, 1.82) is 0 Å². The molecule has 0 bridgehead atoms. The molecule has 0 aliphatic rings. The molecule has 0 saturated heterocycles. The summed E-state index contributed by atoms with van der Waals surface area (Å²) < 4.78 is 0. The molecular formula is C16H16ClNO2. The fraction of sp³-hybridized carbons (Fsp3) is 0.188. The van der Waals surface area contributed by atoms with Gasteiger partial charge in [0.05, 0.1) is 6.04 Å². The fourth-order valence-corrected chi connectivity index (χ4v) is 2.28. The molecule has 4 heteroatoms. The lowest BCUT2D eigenvalue weighted by Crippen LogP contribution is -2.31. The highest BCUT2D eigenvalue weighted by atomic mass is 35.5. The van der Waals surface area contributed by atoms with E-state index in [4.69, 9.17) is 11.6 Å². The van der Waals surface area contributed by atoms with Crippen molar-refractivity contribution in [3.8, 4) is 0 Å². The Bertz CT molecular complexity index is 586. The zero-order chi connectivity index (χ0) is 14.5. The number of aliphatic hydroxyl groups excluding tert-OH is 1. The van der Waals surface area contributed by atoms with E-state index in [1.807, 2.05) is 31.2 Å². The Morgan fingerprint density at radius 2 is 1.70 bits per heavy atom. The van der Waals surface area contributed by atoms with Crippen LogP contribution < -0.4 is 5.32 Å². The van der Waals surface area contributed by atoms with Crippen LogP contribution in [0, 0.1) is 0 Å². The number of benzene rings is 2. The molecule has 1 amide bonds. The van der Waals surface area contributed by atoms with E-state index in [1.54, 1.807) is 30.3 Å². The zero-order valence-electron chi connectivity index (χ0n) is 11.1. The summed E-state index contributed by atoms with van der Waals surface area (Å²) in [5.41, 5.74) is 1.39. The van der Waals surface area contributed by atoms with Gasteiger partial charge in [-0.3, -0.25) is 4.79 Å². The molecule has 0 spiro atoms. The van der Waals surface area contributed by atoms with Crippen LogP contribution in [0.1, 0.15) is 30.2 Å². The van der Waals surface area contributed by atoms with E-state index < -0.39 is 12.0 Å². The van der Waals surface area contributed by atoms with Crippen molar-refractivity contribution in [2.24, 2.45) is 0 Å². The number of rotatable bonds is 4. The minimum absolute atomic E-state index is 0.269. The van der Waals surface area contributed by atoms with Gasteiger partial charge in [0.15, 0.2) is 6.10 Å². The highest BCUT2D eigenvalue weighted by Gasteiger charge is 2.20. The SMILES string of the molecule is CC(NC(=O)C(O)c1ccccc1)c1ccccc1Cl. The fourth-order valence-electron chi connectivity index (χ4n) is 1.98. The Labute approximate surface area is 123 Å². The van der Waals surface area contributed by atoms with Gasteiger partial charge in [0, 0.05) is 5.02 Å². The summed E-state index contributed by atoms with van der Waals surface area (Å²) in [6.07, 6.45) is -1.18. The first-order chi connectivity index (χ1) is 9.59. The van der Waals surface area contributed by atoms with Crippen LogP contribution in [0.5, 0.6) is 0 Å². The Morgan fingerprint density at radius 1 is 1.10 bits per heavy atom. The first kappa shape index (κ1) is 14.6. The number of hydrogen-bond acceptors (Lipinski definition) is 2. The van der Waals surface area contributed by atoms with E-state index in [9.17, 15) is 9.90 Å². The van der Waals surface area contributed by atoms with Crippen LogP contribution in [0.4, 0.5) is 0 Å². The van der Waals surface area contributed by atoms with Crippen LogP contribution in [0.3, 0.4) is 0 Å². The van der Waals surface area contributed by atoms with Crippen molar-refractivity contribution in [3.63, 3.8) is 0 Å². The number of carbonyl (C=O) groups is 1. The van der Waals surface area contributed by atoms with Crippen molar-refractivity contribution in [1.82, 2.24) is 5.32 Å². The van der Waals surface area contributed by atoms with Crippen molar-refractivity contribution in [2.45, 2.75) is 19.1 Å². The van der Waals surface area contributed by atoms with Gasteiger partial charge in [0.2, 0.25) is 0 Å². The molecular weight excluding hydrogens is 274 g/mol. The number of nitrogens with one attached hydrogen (secondary N) is 1. The smallest absolute Gasteiger partial charge is 0.253 e. The van der Waals surface area contributed by atoms with Crippen molar-refractivity contribution >= 4 is 17.5 Å². The number of amides is 1. The first-order valence-electron chi connectivity index (χ1n) is 6.37. The molecule has 0 heterocycles. The molecule has 0 saturated carbocycles. The molecule has 2 atom stereocenters. The predicted molar refractivity (Wildman–Crippen MR) is 79.4 cm³/mol. The van der Waals surface area contributed by atoms with Crippen molar-refractivity contribution in [2.75, 3.05) is 0 Å². The van der Waals surface area contributed by atoms with Gasteiger partial charge in [-0.25, -0.2) is 0 Å². The van der Waals surface area contributed by atoms with Gasteiger partial charge in [-0.2, -0.15) is 0 Å². The molecule has 2 N–H and O–H groups in total. The molecule has 2 rings (SSSR count). The van der Waals surface area contributed by atoms with Crippen LogP contribution in [0.2, 0.25) is 5.02 Å². The van der Waals surface area contributed by atoms with E-state index >= 15 is 0 Å². The lowest BCUT2D eigenvalue weighted by atomic mass is 10.1. The highest BCUT2D eigenvalue weighted by molar-refractivity contribution is 6.31. The second kappa shape index (κ2) is 6.55. The molecule has 2 aromatic rings. The molecule has 2 aromatic carbocycles. The van der Waals surface area contributed by atoms with Gasteiger partial charge >= 0.3 is 0 Å². The Balaban J connectivity index is 2.07. The summed E-state index contributed by atoms with van der Waals surface area (Å²) in [5, 5.41) is 13.4. The van der Waals surface area contributed by atoms with Crippen LogP contribution in [0.25, 0.3) is 0 Å². The van der Waals surface area contributed by atoms with Gasteiger partial charge in [-0.15, -0.1) is 0 Å². The minimum Gasteiger partial charge on any atom is -0.378 e. The number of carbonyl (C=O) groups excluding carboxylic acids is 1. The standard InChI is InChI=1S/C16H16ClNO2/c1-11(13-9-5-6-10-14(13)17)18-16(20)15(19)12-7-3-2-4-8-12/h2-11,15,19H,1H3,(H,18,20). The summed E-state index contributed by atoms with van der Waals surface area (Å²) >= 11 is 6.09. The third-order valence-corrected chi connectivity index (χ3v) is 3.44. The maximum absolute atomic E-state index is 12.0. The number of hydrogen-bond donors (Lipinski definition) is 2. The summed E-state index contributed by atoms with van der Waals surface area (Å²) in [7, 11) is 0. The third-order valence-electron chi connectivity index (χ3n) is 3.09. The number of aliphatic hydroxyl groups is 1. The van der Waals surface area contributed by atoms with Crippen LogP contribution >= 0.6 is 11.6 Å². The van der Waals surface area contributed by atoms with Gasteiger partial charge in [-0.05, 0) is 24.1 Å². The van der Waals surface area contributed by atoms with E-state index in [2.05, 4.69) is 5.32 Å². The normalized spacial score (nSPS) is 13.6. The Hall–Kier alpha value is -1.84. The predicted octanol–water partition coefficient (Wildman–Crippen LogP) is 3.25. The molecule has 20 heavy (non-hydrogen) atoms. The summed E-state index contributed by atoms with van der Waals surface area (Å²) in [6.45, 7) is 1.83. The summed E-state index contributed by atoms with van der Waals surface area (Å²) in [5.74, 6) is -0.441. The quantitative estimate of drug-likeness (QED) is 0.908. The van der Waals surface area contributed by atoms with Gasteiger partial charge < -0.3 is 10.4 Å². The highest BCUT2D eigenvalue weighted by Crippen LogP contribution is 2.23. The molecule has 0 aromatic heterocycles. The second-order valence-electron chi connectivity index (χ2n) is 4.57. The molecule has 0 aliphatic heterocycles. The van der Waals surface area contributed by atoms with Crippen LogP contribution in [-0.4, -0.2) is 11.0 Å². The average Bonchev–Trinajstić information content (AvgIpc) is 2.47. The lowest BCUT2D eigenvalue weighted by molar-refractivity contribution is -0.130. The number of halogens is 1. The molecule has 2 unspecified atom stereocenters. The molecule has 3 nitrogen and oxygen atoms in total. The molecule has 0 fully saturated rings. The monoisotopic (exact) mass is 289 g/mol. The van der Waals surface area contributed by atoms with Gasteiger partial charge in [0.25, 0.3) is 5.91 Å². The minimum atomic E-state index is -1.18. The van der Waals surface area contributed by atoms with Crippen molar-refractivity contribution in [3.05, 3.63) is 70.7 Å². The largest absolute Gasteiger partial charge is 0.378 e. The Morgan fingerprint density at radius 3 is 2.35 bits per heavy atom. The zero-order valence-corrected chi connectivity index (χ0v) is 11.8. The summed E-state index contributed by atoms with van der Waals surface area (Å²) in [4.78, 5) is 12.0. The lowest BCUT2D eigenvalue weighted by Gasteiger charge is -2.18. The molecule has 0 aliphatic carbocycles. The Kier molecular flexibility index (Phi) is 4.77. The summed E-state index contributed by atoms with van der Waals surface area (Å²) in [6, 6.07) is 15.9. The second-order valence-corrected chi connectivity index (χ2v) is 4.97. The van der Waals surface area contributed by atoms with Gasteiger partial charge in [-0.1, -0.05) is 60.1 Å². The maximum atomic E-state index is 12.0. The van der Waals surface area contributed by atoms with E-state index in [-0.39, 0.29) is 6.04 Å². The van der Waals surface area contributed by atoms with Crippen LogP contribution in [-0.2, 0) is 4.79 Å². The van der Waals surface area contributed by atoms with Gasteiger partial charge in [0.1, 0.15) is 0 Å². The van der Waals surface area contributed by atoms with E-state index in [0.717, 1.165) is 5.56 Å². The molecule has 0 radical (unpaired) electrons. The van der Waals surface area contributed by atoms with E-state index in [1.165, 1.54) is 0 Å². The van der Waals surface area contributed by atoms with Crippen LogP contribution in [0.15, 0.2) is 54.6 Å². The molecule has 104 valence electrons. The third kappa shape index (κ3) is 3.38. The topological polar surface area (TPSA) is 49.3 Å². The first-order valence-corrected chi connectivity index (χ1v) is 6.75. The average molecular weight is 290 g/mol. The van der Waals surface area contributed by atoms with E-state index in [0.29, 0.717) is 10.6 Å². The van der Waals surface area contributed by atoms with Crippen molar-refractivity contribution < 1.29 is 9.90 Å². The maximum Gasteiger partial charge on any atom is 0.253 e.